The molecule has 0 N–H and O–H groups in total. The number of nitrogens with zero attached hydrogens (tertiary/aromatic N) is 3. The van der Waals surface area contributed by atoms with Crippen molar-refractivity contribution < 1.29 is 18.9 Å². The summed E-state index contributed by atoms with van der Waals surface area (Å²) in [5.74, 6) is 1.99. The zero-order valence-corrected chi connectivity index (χ0v) is 16.0. The van der Waals surface area contributed by atoms with Crippen molar-refractivity contribution in [2.75, 3.05) is 7.11 Å². The monoisotopic (exact) mass is 403 g/mol. The van der Waals surface area contributed by atoms with E-state index in [2.05, 4.69) is 10.1 Å². The molecular formula is C22H17N3O5. The summed E-state index contributed by atoms with van der Waals surface area (Å²) in [6.45, 7) is 0.198. The second-order valence-corrected chi connectivity index (χ2v) is 6.37. The summed E-state index contributed by atoms with van der Waals surface area (Å²) in [6.07, 6.45) is 0. The van der Waals surface area contributed by atoms with Crippen molar-refractivity contribution in [2.45, 2.75) is 6.61 Å². The maximum atomic E-state index is 10.9. The highest BCUT2D eigenvalue weighted by molar-refractivity contribution is 5.65. The third kappa shape index (κ3) is 4.12. The third-order valence-corrected chi connectivity index (χ3v) is 4.38. The molecule has 0 atom stereocenters. The molecule has 0 aliphatic heterocycles. The zero-order chi connectivity index (χ0) is 20.9. The molecule has 0 saturated heterocycles. The summed E-state index contributed by atoms with van der Waals surface area (Å²) in [5.41, 5.74) is 2.15. The van der Waals surface area contributed by atoms with Crippen molar-refractivity contribution in [1.29, 1.82) is 0 Å². The summed E-state index contributed by atoms with van der Waals surface area (Å²) in [6, 6.07) is 21.0. The maximum Gasteiger partial charge on any atom is 0.269 e. The van der Waals surface area contributed by atoms with Gasteiger partial charge in [-0.1, -0.05) is 41.6 Å². The first kappa shape index (κ1) is 19.1. The molecule has 150 valence electrons. The van der Waals surface area contributed by atoms with Gasteiger partial charge in [0.05, 0.1) is 17.6 Å². The number of nitro benzene ring substituents is 1. The molecule has 1 aromatic heterocycles. The van der Waals surface area contributed by atoms with Crippen LogP contribution >= 0.6 is 0 Å². The first-order valence-corrected chi connectivity index (χ1v) is 9.08. The van der Waals surface area contributed by atoms with Gasteiger partial charge in [-0.25, -0.2) is 0 Å². The van der Waals surface area contributed by atoms with Gasteiger partial charge in [-0.05, 0) is 29.8 Å². The molecule has 0 aliphatic carbocycles. The van der Waals surface area contributed by atoms with Crippen molar-refractivity contribution in [2.24, 2.45) is 0 Å². The Kier molecular flexibility index (Phi) is 5.38. The van der Waals surface area contributed by atoms with Crippen LogP contribution in [0.1, 0.15) is 5.56 Å². The molecule has 8 heteroatoms. The van der Waals surface area contributed by atoms with Gasteiger partial charge in [0, 0.05) is 17.7 Å². The van der Waals surface area contributed by atoms with Crippen LogP contribution < -0.4 is 9.47 Å². The quantitative estimate of drug-likeness (QED) is 0.319. The van der Waals surface area contributed by atoms with Crippen molar-refractivity contribution in [3.8, 4) is 34.3 Å². The Labute approximate surface area is 171 Å². The average Bonchev–Trinajstić information content (AvgIpc) is 3.28. The van der Waals surface area contributed by atoms with Gasteiger partial charge in [0.15, 0.2) is 0 Å². The minimum Gasteiger partial charge on any atom is -0.496 e. The maximum absolute atomic E-state index is 10.9. The van der Waals surface area contributed by atoms with E-state index in [1.807, 2.05) is 36.4 Å². The van der Waals surface area contributed by atoms with Crippen LogP contribution in [-0.4, -0.2) is 22.2 Å². The lowest BCUT2D eigenvalue weighted by Crippen LogP contribution is -1.97. The van der Waals surface area contributed by atoms with E-state index in [0.717, 1.165) is 5.56 Å². The molecule has 4 aromatic rings. The average molecular weight is 403 g/mol. The molecule has 4 rings (SSSR count). The van der Waals surface area contributed by atoms with Crippen molar-refractivity contribution in [3.05, 3.63) is 88.5 Å². The molecule has 0 spiro atoms. The lowest BCUT2D eigenvalue weighted by atomic mass is 10.2. The largest absolute Gasteiger partial charge is 0.496 e. The summed E-state index contributed by atoms with van der Waals surface area (Å²) in [5, 5.41) is 15.0. The van der Waals surface area contributed by atoms with Gasteiger partial charge in [-0.2, -0.15) is 4.98 Å². The van der Waals surface area contributed by atoms with E-state index in [4.69, 9.17) is 14.0 Å². The fraction of sp³-hybridized carbons (Fsp3) is 0.0909. The number of para-hydroxylation sites is 1. The van der Waals surface area contributed by atoms with Gasteiger partial charge in [-0.15, -0.1) is 0 Å². The number of aromatic nitrogens is 2. The van der Waals surface area contributed by atoms with Gasteiger partial charge in [0.2, 0.25) is 5.82 Å². The summed E-state index contributed by atoms with van der Waals surface area (Å²) < 4.78 is 16.5. The Morgan fingerprint density at radius 2 is 1.87 bits per heavy atom. The molecule has 0 amide bonds. The molecular weight excluding hydrogens is 386 g/mol. The Morgan fingerprint density at radius 1 is 1.03 bits per heavy atom. The smallest absolute Gasteiger partial charge is 0.269 e. The highest BCUT2D eigenvalue weighted by Gasteiger charge is 2.15. The SMILES string of the molecule is COc1ccccc1-c1nc(-c2cccc(OCc3cccc([N+](=O)[O-])c3)c2)no1. The lowest BCUT2D eigenvalue weighted by molar-refractivity contribution is -0.384. The molecule has 30 heavy (non-hydrogen) atoms. The Bertz CT molecular complexity index is 1190. The van der Waals surface area contributed by atoms with E-state index in [-0.39, 0.29) is 12.3 Å². The number of rotatable bonds is 7. The minimum atomic E-state index is -0.431. The highest BCUT2D eigenvalue weighted by atomic mass is 16.6. The van der Waals surface area contributed by atoms with E-state index >= 15 is 0 Å². The second-order valence-electron chi connectivity index (χ2n) is 6.37. The van der Waals surface area contributed by atoms with E-state index < -0.39 is 4.92 Å². The minimum absolute atomic E-state index is 0.0283. The molecule has 0 unspecified atom stereocenters. The van der Waals surface area contributed by atoms with Crippen molar-refractivity contribution in [1.82, 2.24) is 10.1 Å². The van der Waals surface area contributed by atoms with Crippen molar-refractivity contribution in [3.63, 3.8) is 0 Å². The summed E-state index contributed by atoms with van der Waals surface area (Å²) in [7, 11) is 1.58. The van der Waals surface area contributed by atoms with Crippen LogP contribution in [0.25, 0.3) is 22.8 Å². The van der Waals surface area contributed by atoms with Gasteiger partial charge in [-0.3, -0.25) is 10.1 Å². The Hall–Kier alpha value is -4.20. The van der Waals surface area contributed by atoms with Crippen LogP contribution in [0.5, 0.6) is 11.5 Å². The molecule has 8 nitrogen and oxygen atoms in total. The van der Waals surface area contributed by atoms with Crippen molar-refractivity contribution >= 4 is 5.69 Å². The first-order valence-electron chi connectivity index (χ1n) is 9.08. The van der Waals surface area contributed by atoms with Crippen LogP contribution in [0, 0.1) is 10.1 Å². The van der Waals surface area contributed by atoms with E-state index in [1.165, 1.54) is 12.1 Å². The van der Waals surface area contributed by atoms with Crippen LogP contribution in [0.4, 0.5) is 5.69 Å². The number of benzene rings is 3. The number of non-ortho nitro benzene ring substituents is 1. The molecule has 0 bridgehead atoms. The molecule has 0 radical (unpaired) electrons. The first-order chi connectivity index (χ1) is 14.6. The van der Waals surface area contributed by atoms with E-state index in [1.54, 1.807) is 31.4 Å². The molecule has 1 heterocycles. The van der Waals surface area contributed by atoms with Crippen LogP contribution in [0.15, 0.2) is 77.3 Å². The van der Waals surface area contributed by atoms with Gasteiger partial charge < -0.3 is 14.0 Å². The number of ether oxygens (including phenoxy) is 2. The van der Waals surface area contributed by atoms with Gasteiger partial charge in [0.25, 0.3) is 11.6 Å². The fourth-order valence-electron chi connectivity index (χ4n) is 2.92. The van der Waals surface area contributed by atoms with Gasteiger partial charge in [0.1, 0.15) is 18.1 Å². The zero-order valence-electron chi connectivity index (χ0n) is 16.0. The number of hydrogen-bond acceptors (Lipinski definition) is 7. The fourth-order valence-corrected chi connectivity index (χ4v) is 2.92. The Morgan fingerprint density at radius 3 is 2.70 bits per heavy atom. The summed E-state index contributed by atoms with van der Waals surface area (Å²) >= 11 is 0. The van der Waals surface area contributed by atoms with Crippen LogP contribution in [-0.2, 0) is 6.61 Å². The predicted octanol–water partition coefficient (Wildman–Crippen LogP) is 4.90. The predicted molar refractivity (Wildman–Crippen MR) is 109 cm³/mol. The topological polar surface area (TPSA) is 101 Å². The van der Waals surface area contributed by atoms with Crippen LogP contribution in [0.3, 0.4) is 0 Å². The Balaban J connectivity index is 1.52. The number of methoxy groups -OCH3 is 1. The molecule has 0 fully saturated rings. The number of nitro groups is 1. The van der Waals surface area contributed by atoms with Crippen LogP contribution in [0.2, 0.25) is 0 Å². The number of hydrogen-bond donors (Lipinski definition) is 0. The highest BCUT2D eigenvalue weighted by Crippen LogP contribution is 2.30. The third-order valence-electron chi connectivity index (χ3n) is 4.38. The second kappa shape index (κ2) is 8.44. The van der Waals surface area contributed by atoms with Gasteiger partial charge >= 0.3 is 0 Å². The molecule has 0 aliphatic rings. The molecule has 0 saturated carbocycles. The summed E-state index contributed by atoms with van der Waals surface area (Å²) in [4.78, 5) is 14.9. The van der Waals surface area contributed by atoms with E-state index in [0.29, 0.717) is 34.3 Å². The molecule has 3 aromatic carbocycles. The lowest BCUT2D eigenvalue weighted by Gasteiger charge is -2.07. The van der Waals surface area contributed by atoms with E-state index in [9.17, 15) is 10.1 Å². The standard InChI is InChI=1S/C22H17N3O5/c1-28-20-11-3-2-10-19(20)22-23-21(24-30-22)16-7-5-9-18(13-16)29-14-15-6-4-8-17(12-15)25(26)27/h2-13H,14H2,1H3. The normalized spacial score (nSPS) is 10.6.